The van der Waals surface area contributed by atoms with Crippen molar-refractivity contribution in [3.8, 4) is 0 Å². The summed E-state index contributed by atoms with van der Waals surface area (Å²) >= 11 is 0. The first kappa shape index (κ1) is 55.3. The third-order valence-electron chi connectivity index (χ3n) is 15.0. The van der Waals surface area contributed by atoms with Gasteiger partial charge in [-0.05, 0) is 115 Å². The van der Waals surface area contributed by atoms with E-state index in [0.29, 0.717) is 32.1 Å². The number of allylic oxidation sites excluding steroid dienone is 1. The van der Waals surface area contributed by atoms with E-state index in [2.05, 4.69) is 21.3 Å². The average Bonchev–Trinajstić information content (AvgIpc) is 4.24. The maximum atomic E-state index is 13.9. The number of aliphatic carboxylic acids is 2. The molecule has 4 aliphatic heterocycles. The Hall–Kier alpha value is -6.46. The van der Waals surface area contributed by atoms with Crippen LogP contribution in [0.25, 0.3) is 0 Å². The molecule has 6 amide bonds. The fourth-order valence-corrected chi connectivity index (χ4v) is 10.8. The van der Waals surface area contributed by atoms with Crippen LogP contribution >= 0.6 is 0 Å². The van der Waals surface area contributed by atoms with Crippen LogP contribution in [0.1, 0.15) is 154 Å². The molecule has 0 spiro atoms. The number of nitrogens with zero attached hydrogens (tertiary/aromatic N) is 2. The largest absolute Gasteiger partial charge is 0.479 e. The molecule has 2 aromatic rings. The number of fused-ring (bicyclic) bond motifs is 6. The summed E-state index contributed by atoms with van der Waals surface area (Å²) in [5, 5.41) is 31.0. The molecule has 2 aliphatic carbocycles. The van der Waals surface area contributed by atoms with Crippen molar-refractivity contribution in [2.24, 2.45) is 11.8 Å². The topological polar surface area (TPSA) is 250 Å². The first-order chi connectivity index (χ1) is 35.0. The zero-order valence-corrected chi connectivity index (χ0v) is 43.8. The van der Waals surface area contributed by atoms with Gasteiger partial charge in [-0.25, -0.2) is 19.2 Å². The highest BCUT2D eigenvalue weighted by molar-refractivity contribution is 5.97. The van der Waals surface area contributed by atoms with E-state index < -0.39 is 82.4 Å². The monoisotopic (exact) mass is 1020 g/mol. The van der Waals surface area contributed by atoms with Crippen LogP contribution in [0.5, 0.6) is 0 Å². The number of ether oxygens (including phenoxy) is 2. The van der Waals surface area contributed by atoms with E-state index in [0.717, 1.165) is 80.0 Å². The number of benzene rings is 2. The van der Waals surface area contributed by atoms with Crippen molar-refractivity contribution in [1.29, 1.82) is 0 Å². The Bertz CT molecular complexity index is 2480. The van der Waals surface area contributed by atoms with Gasteiger partial charge < -0.3 is 50.8 Å². The Morgan fingerprint density at radius 3 is 1.46 bits per heavy atom. The second-order valence-electron chi connectivity index (χ2n) is 23.0. The smallest absolute Gasteiger partial charge is 0.408 e. The molecule has 2 unspecified atom stereocenters. The van der Waals surface area contributed by atoms with Gasteiger partial charge in [0.1, 0.15) is 46.4 Å². The van der Waals surface area contributed by atoms with Crippen molar-refractivity contribution in [2.45, 2.75) is 204 Å². The lowest BCUT2D eigenvalue weighted by atomic mass is 9.92. The van der Waals surface area contributed by atoms with Gasteiger partial charge in [-0.1, -0.05) is 106 Å². The quantitative estimate of drug-likeness (QED) is 0.172. The van der Waals surface area contributed by atoms with Gasteiger partial charge in [-0.15, -0.1) is 0 Å². The molecule has 18 heteroatoms. The standard InChI is InChI=1S/C28H39N3O6.C28H37N3O6/c2*1-27(2,3)37-26(36)29-21-14-8-6-4-5-7-13-20-16-28(20,25(34)35)30-23(32)22-15-18-11-9-10-12-19(18)17-31(22)24(21)33/h9-12,20-22H,4-8,13-17H2,1-3H3,(H,29,36)(H,30,32)(H,34,35);7,9-13,20-22H,4-6,8,14-17H2,1-3H3,(H,29,36)(H,30,32)(H,34,35)/b;13-7-/t2*20-,21+,22?,28-/m11/s1. The highest BCUT2D eigenvalue weighted by atomic mass is 16.6. The van der Waals surface area contributed by atoms with E-state index in [9.17, 15) is 48.6 Å². The average molecular weight is 1030 g/mol. The zero-order chi connectivity index (χ0) is 53.6. The molecule has 8 rings (SSSR count). The summed E-state index contributed by atoms with van der Waals surface area (Å²) in [5.41, 5.74) is -0.302. The number of carboxylic acid groups (broad SMARTS) is 2. The number of carbonyl (C=O) groups is 8. The molecule has 2 saturated carbocycles. The molecule has 0 radical (unpaired) electrons. The highest BCUT2D eigenvalue weighted by Gasteiger charge is 2.62. The maximum Gasteiger partial charge on any atom is 0.408 e. The predicted molar refractivity (Wildman–Crippen MR) is 273 cm³/mol. The lowest BCUT2D eigenvalue weighted by Gasteiger charge is -2.38. The van der Waals surface area contributed by atoms with Crippen molar-refractivity contribution >= 4 is 47.8 Å². The van der Waals surface area contributed by atoms with Gasteiger partial charge in [0.15, 0.2) is 0 Å². The predicted octanol–water partition coefficient (Wildman–Crippen LogP) is 6.85. The van der Waals surface area contributed by atoms with Crippen molar-refractivity contribution < 1.29 is 58.0 Å². The third-order valence-corrected chi connectivity index (χ3v) is 15.0. The molecule has 0 aromatic heterocycles. The fraction of sp³-hybridized carbons (Fsp3) is 0.607. The molecule has 74 heavy (non-hydrogen) atoms. The summed E-state index contributed by atoms with van der Waals surface area (Å²) in [6.45, 7) is 11.0. The van der Waals surface area contributed by atoms with Gasteiger partial charge in [0.25, 0.3) is 0 Å². The number of rotatable bonds is 4. The number of hydrogen-bond donors (Lipinski definition) is 6. The van der Waals surface area contributed by atoms with E-state index in [1.807, 2.05) is 60.7 Å². The third kappa shape index (κ3) is 13.6. The van der Waals surface area contributed by atoms with Crippen molar-refractivity contribution in [2.75, 3.05) is 0 Å². The van der Waals surface area contributed by atoms with E-state index in [1.165, 1.54) is 9.80 Å². The van der Waals surface area contributed by atoms with Gasteiger partial charge in [0, 0.05) is 31.8 Å². The lowest BCUT2D eigenvalue weighted by molar-refractivity contribution is -0.148. The van der Waals surface area contributed by atoms with E-state index in [1.54, 1.807) is 41.5 Å². The van der Waals surface area contributed by atoms with Gasteiger partial charge in [0.05, 0.1) is 0 Å². The number of amides is 6. The molecule has 3 fully saturated rings. The minimum absolute atomic E-state index is 0.0966. The second-order valence-corrected chi connectivity index (χ2v) is 23.0. The number of alkyl carbamates (subject to hydrolysis) is 2. The normalized spacial score (nSPS) is 29.1. The Kier molecular flexibility index (Phi) is 17.2. The molecule has 2 aromatic carbocycles. The number of carboxylic acids is 2. The summed E-state index contributed by atoms with van der Waals surface area (Å²) in [7, 11) is 0. The molecule has 1 saturated heterocycles. The summed E-state index contributed by atoms with van der Waals surface area (Å²) < 4.78 is 10.8. The molecule has 4 heterocycles. The van der Waals surface area contributed by atoms with Gasteiger partial charge in [-0.3, -0.25) is 19.2 Å². The molecular formula is C56H76N6O12. The summed E-state index contributed by atoms with van der Waals surface area (Å²) in [5.74, 6) is -4.14. The number of nitrogens with one attached hydrogen (secondary N) is 4. The van der Waals surface area contributed by atoms with E-state index in [4.69, 9.17) is 9.47 Å². The number of hydrogen-bond acceptors (Lipinski definition) is 10. The van der Waals surface area contributed by atoms with Gasteiger partial charge in [-0.2, -0.15) is 0 Å². The van der Waals surface area contributed by atoms with Crippen LogP contribution in [0.15, 0.2) is 60.7 Å². The first-order valence-corrected chi connectivity index (χ1v) is 26.5. The maximum absolute atomic E-state index is 13.9. The Balaban J connectivity index is 0.000000216. The number of carbonyl (C=O) groups excluding carboxylic acids is 6. The Morgan fingerprint density at radius 1 is 0.581 bits per heavy atom. The molecular weight excluding hydrogens is 949 g/mol. The minimum Gasteiger partial charge on any atom is -0.479 e. The SMILES string of the molecule is CC(C)(C)OC(=O)N[C@H]1CCCCC/C=C\[C@@H]2C[C@@]2(C(=O)O)NC(=O)C2Cc3ccccc3CN2C1=O.CC(C)(C)OC(=O)N[C@H]1CCCCCCC[C@@H]2C[C@@]2(C(=O)O)NC(=O)C2Cc3ccccc3CN2C1=O. The summed E-state index contributed by atoms with van der Waals surface area (Å²) in [6, 6.07) is 11.8. The highest BCUT2D eigenvalue weighted by Crippen LogP contribution is 2.48. The Morgan fingerprint density at radius 2 is 1.00 bits per heavy atom. The zero-order valence-electron chi connectivity index (χ0n) is 43.8. The first-order valence-electron chi connectivity index (χ1n) is 26.5. The molecule has 18 nitrogen and oxygen atoms in total. The fourth-order valence-electron chi connectivity index (χ4n) is 10.8. The van der Waals surface area contributed by atoms with Crippen LogP contribution in [0.3, 0.4) is 0 Å². The molecule has 8 atom stereocenters. The molecule has 402 valence electrons. The minimum atomic E-state index is -1.35. The van der Waals surface area contributed by atoms with Crippen LogP contribution in [0.2, 0.25) is 0 Å². The van der Waals surface area contributed by atoms with Crippen molar-refractivity contribution in [1.82, 2.24) is 31.1 Å². The van der Waals surface area contributed by atoms with Gasteiger partial charge in [0.2, 0.25) is 23.6 Å². The summed E-state index contributed by atoms with van der Waals surface area (Å²) in [4.78, 5) is 108. The van der Waals surface area contributed by atoms with Crippen LogP contribution in [-0.4, -0.2) is 114 Å². The van der Waals surface area contributed by atoms with Crippen LogP contribution in [-0.2, 0) is 64.2 Å². The van der Waals surface area contributed by atoms with Crippen LogP contribution < -0.4 is 21.3 Å². The Labute approximate surface area is 434 Å². The van der Waals surface area contributed by atoms with Crippen LogP contribution in [0.4, 0.5) is 9.59 Å². The van der Waals surface area contributed by atoms with Crippen molar-refractivity contribution in [3.63, 3.8) is 0 Å². The van der Waals surface area contributed by atoms with Crippen molar-refractivity contribution in [3.05, 3.63) is 82.9 Å². The summed E-state index contributed by atoms with van der Waals surface area (Å²) in [6.07, 6.45) is 13.1. The van der Waals surface area contributed by atoms with E-state index in [-0.39, 0.29) is 49.6 Å². The molecule has 6 N–H and O–H groups in total. The lowest BCUT2D eigenvalue weighted by Crippen LogP contribution is -2.60. The van der Waals surface area contributed by atoms with Gasteiger partial charge >= 0.3 is 24.1 Å². The second kappa shape index (κ2) is 23.0. The molecule has 6 aliphatic rings. The molecule has 0 bridgehead atoms. The van der Waals surface area contributed by atoms with E-state index >= 15 is 0 Å². The van der Waals surface area contributed by atoms with Crippen LogP contribution in [0, 0.1) is 11.8 Å².